The van der Waals surface area contributed by atoms with Crippen LogP contribution in [0.25, 0.3) is 0 Å². The van der Waals surface area contributed by atoms with Crippen molar-refractivity contribution >= 4 is 68.8 Å². The Bertz CT molecular complexity index is 845. The Morgan fingerprint density at radius 3 is 2.62 bits per heavy atom. The summed E-state index contributed by atoms with van der Waals surface area (Å²) in [5, 5.41) is 16.2. The van der Waals surface area contributed by atoms with Gasteiger partial charge in [0.2, 0.25) is 0 Å². The third-order valence-corrected chi connectivity index (χ3v) is 4.75. The number of hydrogen-bond acceptors (Lipinski definition) is 4. The molecular formula is C15H11ClIN3O3S. The van der Waals surface area contributed by atoms with Crippen LogP contribution < -0.4 is 10.6 Å². The summed E-state index contributed by atoms with van der Waals surface area (Å²) >= 11 is 13.0. The van der Waals surface area contributed by atoms with E-state index in [2.05, 4.69) is 33.2 Å². The van der Waals surface area contributed by atoms with Crippen molar-refractivity contribution in [1.82, 2.24) is 5.32 Å². The van der Waals surface area contributed by atoms with Gasteiger partial charge in [0.15, 0.2) is 5.11 Å². The van der Waals surface area contributed by atoms with Gasteiger partial charge in [-0.3, -0.25) is 20.2 Å². The van der Waals surface area contributed by atoms with Crippen molar-refractivity contribution in [3.63, 3.8) is 0 Å². The first-order valence-corrected chi connectivity index (χ1v) is 8.47. The van der Waals surface area contributed by atoms with Crippen molar-refractivity contribution in [2.24, 2.45) is 0 Å². The number of amides is 1. The van der Waals surface area contributed by atoms with Crippen molar-refractivity contribution < 1.29 is 9.72 Å². The summed E-state index contributed by atoms with van der Waals surface area (Å²) in [4.78, 5) is 22.4. The fourth-order valence-electron chi connectivity index (χ4n) is 1.80. The number of halogens is 2. The zero-order valence-electron chi connectivity index (χ0n) is 12.3. The second-order valence-corrected chi connectivity index (χ2v) is 6.77. The van der Waals surface area contributed by atoms with Crippen LogP contribution in [0.5, 0.6) is 0 Å². The summed E-state index contributed by atoms with van der Waals surface area (Å²) in [6.07, 6.45) is 0. The van der Waals surface area contributed by atoms with Crippen LogP contribution in [0, 0.1) is 20.6 Å². The Kier molecular flexibility index (Phi) is 6.08. The highest BCUT2D eigenvalue weighted by atomic mass is 127. The molecule has 1 amide bonds. The summed E-state index contributed by atoms with van der Waals surface area (Å²) < 4.78 is 0.965. The van der Waals surface area contributed by atoms with Gasteiger partial charge in [-0.2, -0.15) is 0 Å². The fraction of sp³-hybridized carbons (Fsp3) is 0.0667. The molecule has 0 saturated carbocycles. The average molecular weight is 476 g/mol. The first-order chi connectivity index (χ1) is 11.3. The first-order valence-electron chi connectivity index (χ1n) is 6.60. The highest BCUT2D eigenvalue weighted by Gasteiger charge is 2.14. The first kappa shape index (κ1) is 18.6. The molecule has 0 saturated heterocycles. The second-order valence-electron chi connectivity index (χ2n) is 4.80. The van der Waals surface area contributed by atoms with Crippen LogP contribution in [-0.4, -0.2) is 15.9 Å². The quantitative estimate of drug-likeness (QED) is 0.299. The molecule has 6 nitrogen and oxygen atoms in total. The number of nitro groups is 1. The van der Waals surface area contributed by atoms with Crippen molar-refractivity contribution in [1.29, 1.82) is 0 Å². The third kappa shape index (κ3) is 4.62. The van der Waals surface area contributed by atoms with Crippen LogP contribution in [-0.2, 0) is 0 Å². The van der Waals surface area contributed by atoms with Crippen LogP contribution >= 0.6 is 46.4 Å². The van der Waals surface area contributed by atoms with Crippen LogP contribution in [0.1, 0.15) is 15.9 Å². The molecule has 2 N–H and O–H groups in total. The molecule has 2 rings (SSSR count). The van der Waals surface area contributed by atoms with E-state index in [-0.39, 0.29) is 21.7 Å². The lowest BCUT2D eigenvalue weighted by atomic mass is 10.1. The van der Waals surface area contributed by atoms with E-state index in [9.17, 15) is 14.9 Å². The topological polar surface area (TPSA) is 84.3 Å². The number of carbonyl (C=O) groups is 1. The molecule has 124 valence electrons. The number of benzene rings is 2. The number of anilines is 1. The van der Waals surface area contributed by atoms with Crippen molar-refractivity contribution in [2.45, 2.75) is 6.92 Å². The number of nitrogens with one attached hydrogen (secondary N) is 2. The molecular weight excluding hydrogens is 465 g/mol. The van der Waals surface area contributed by atoms with Gasteiger partial charge in [-0.05, 0) is 71.6 Å². The zero-order valence-corrected chi connectivity index (χ0v) is 16.0. The number of thiocarbonyl (C=S) groups is 1. The monoisotopic (exact) mass is 475 g/mol. The number of hydrogen-bond donors (Lipinski definition) is 2. The van der Waals surface area contributed by atoms with Gasteiger partial charge >= 0.3 is 0 Å². The summed E-state index contributed by atoms with van der Waals surface area (Å²) in [5.74, 6) is -0.367. The van der Waals surface area contributed by atoms with Crippen LogP contribution in [0.4, 0.5) is 11.4 Å². The molecule has 0 spiro atoms. The summed E-state index contributed by atoms with van der Waals surface area (Å²) in [6, 6.07) is 9.45. The molecule has 0 aliphatic carbocycles. The summed E-state index contributed by atoms with van der Waals surface area (Å²) in [7, 11) is 0. The van der Waals surface area contributed by atoms with Crippen molar-refractivity contribution in [3.05, 3.63) is 66.2 Å². The van der Waals surface area contributed by atoms with Gasteiger partial charge < -0.3 is 5.32 Å². The minimum Gasteiger partial charge on any atom is -0.332 e. The maximum atomic E-state index is 12.2. The van der Waals surface area contributed by atoms with E-state index in [0.717, 1.165) is 9.13 Å². The standard InChI is InChI=1S/C15H11ClIN3O3S/c1-8-2-3-9(6-12(8)17)14(21)19-15(24)18-10-4-5-11(16)13(7-10)20(22)23/h2-7H,1H3,(H2,18,19,21,24). The zero-order chi connectivity index (χ0) is 17.9. The minimum atomic E-state index is -0.594. The third-order valence-electron chi connectivity index (χ3n) is 3.06. The lowest BCUT2D eigenvalue weighted by molar-refractivity contribution is -0.384. The van der Waals surface area contributed by atoms with E-state index < -0.39 is 4.92 Å². The van der Waals surface area contributed by atoms with Crippen molar-refractivity contribution in [3.8, 4) is 0 Å². The van der Waals surface area contributed by atoms with E-state index in [1.54, 1.807) is 12.1 Å². The van der Waals surface area contributed by atoms with E-state index >= 15 is 0 Å². The lowest BCUT2D eigenvalue weighted by Gasteiger charge is -2.10. The Morgan fingerprint density at radius 2 is 2.00 bits per heavy atom. The van der Waals surface area contributed by atoms with Crippen LogP contribution in [0.3, 0.4) is 0 Å². The van der Waals surface area contributed by atoms with Gasteiger partial charge in [0, 0.05) is 20.9 Å². The van der Waals surface area contributed by atoms with Crippen LogP contribution in [0.15, 0.2) is 36.4 Å². The second kappa shape index (κ2) is 7.86. The van der Waals surface area contributed by atoms with Gasteiger partial charge in [0.05, 0.1) is 4.92 Å². The number of carbonyl (C=O) groups excluding carboxylic acids is 1. The molecule has 0 aliphatic rings. The molecule has 2 aromatic rings. The van der Waals surface area contributed by atoms with Gasteiger partial charge in [-0.1, -0.05) is 17.7 Å². The molecule has 0 unspecified atom stereocenters. The average Bonchev–Trinajstić information content (AvgIpc) is 2.51. The van der Waals surface area contributed by atoms with E-state index in [1.165, 1.54) is 18.2 Å². The Balaban J connectivity index is 2.07. The minimum absolute atomic E-state index is 0.0229. The predicted molar refractivity (Wildman–Crippen MR) is 106 cm³/mol. The molecule has 24 heavy (non-hydrogen) atoms. The number of rotatable bonds is 3. The molecule has 0 fully saturated rings. The molecule has 0 radical (unpaired) electrons. The largest absolute Gasteiger partial charge is 0.332 e. The molecule has 2 aromatic carbocycles. The summed E-state index contributed by atoms with van der Waals surface area (Å²) in [5.41, 5.74) is 1.65. The van der Waals surface area contributed by atoms with E-state index in [0.29, 0.717) is 11.3 Å². The SMILES string of the molecule is Cc1ccc(C(=O)NC(=S)Nc2ccc(Cl)c([N+](=O)[O-])c2)cc1I. The summed E-state index contributed by atoms with van der Waals surface area (Å²) in [6.45, 7) is 1.95. The number of nitrogens with zero attached hydrogens (tertiary/aromatic N) is 1. The lowest BCUT2D eigenvalue weighted by Crippen LogP contribution is -2.34. The Hall–Kier alpha value is -1.78. The van der Waals surface area contributed by atoms with Crippen molar-refractivity contribution in [2.75, 3.05) is 5.32 Å². The van der Waals surface area contributed by atoms with E-state index in [1.807, 2.05) is 13.0 Å². The predicted octanol–water partition coefficient (Wildman–Crippen LogP) is 4.29. The smallest absolute Gasteiger partial charge is 0.289 e. The van der Waals surface area contributed by atoms with Gasteiger partial charge in [-0.25, -0.2) is 0 Å². The molecule has 0 bridgehead atoms. The van der Waals surface area contributed by atoms with Gasteiger partial charge in [0.25, 0.3) is 11.6 Å². The number of nitro benzene ring substituents is 1. The maximum Gasteiger partial charge on any atom is 0.289 e. The fourth-order valence-corrected chi connectivity index (χ4v) is 2.71. The van der Waals surface area contributed by atoms with Gasteiger partial charge in [0.1, 0.15) is 5.02 Å². The highest BCUT2D eigenvalue weighted by Crippen LogP contribution is 2.27. The Labute approximate surface area is 161 Å². The normalized spacial score (nSPS) is 10.1. The van der Waals surface area contributed by atoms with Crippen LogP contribution in [0.2, 0.25) is 5.02 Å². The highest BCUT2D eigenvalue weighted by molar-refractivity contribution is 14.1. The Morgan fingerprint density at radius 1 is 1.29 bits per heavy atom. The van der Waals surface area contributed by atoms with E-state index in [4.69, 9.17) is 23.8 Å². The maximum absolute atomic E-state index is 12.2. The van der Waals surface area contributed by atoms with Gasteiger partial charge in [-0.15, -0.1) is 0 Å². The number of aryl methyl sites for hydroxylation is 1. The molecule has 0 aliphatic heterocycles. The molecule has 0 heterocycles. The molecule has 0 aromatic heterocycles. The molecule has 0 atom stereocenters. The molecule has 9 heteroatoms.